The molecule has 2 aliphatic rings. The van der Waals surface area contributed by atoms with Gasteiger partial charge >= 0.3 is 0 Å². The van der Waals surface area contributed by atoms with Gasteiger partial charge in [-0.05, 0) is 30.5 Å². The van der Waals surface area contributed by atoms with Gasteiger partial charge in [0.2, 0.25) is 17.7 Å². The van der Waals surface area contributed by atoms with Gasteiger partial charge in [0.25, 0.3) is 0 Å². The van der Waals surface area contributed by atoms with Gasteiger partial charge in [0.15, 0.2) is 0 Å². The Morgan fingerprint density at radius 3 is 2.56 bits per heavy atom. The van der Waals surface area contributed by atoms with Crippen LogP contribution in [0.1, 0.15) is 24.8 Å². The van der Waals surface area contributed by atoms with Crippen molar-refractivity contribution < 1.29 is 24.3 Å². The fraction of sp³-hybridized carbons (Fsp3) is 0.471. The summed E-state index contributed by atoms with van der Waals surface area (Å²) in [7, 11) is 1.50. The third-order valence-corrected chi connectivity index (χ3v) is 4.14. The van der Waals surface area contributed by atoms with Gasteiger partial charge < -0.3 is 15.4 Å². The molecule has 0 aromatic heterocycles. The summed E-state index contributed by atoms with van der Waals surface area (Å²) in [6.45, 7) is 0.400. The van der Waals surface area contributed by atoms with E-state index in [9.17, 15) is 14.4 Å². The van der Waals surface area contributed by atoms with Crippen LogP contribution in [0.25, 0.3) is 0 Å². The fourth-order valence-electron chi connectivity index (χ4n) is 2.75. The van der Waals surface area contributed by atoms with Crippen molar-refractivity contribution in [3.05, 3.63) is 29.8 Å². The van der Waals surface area contributed by atoms with Gasteiger partial charge in [0, 0.05) is 25.8 Å². The quantitative estimate of drug-likeness (QED) is 0.448. The Hall–Kier alpha value is -2.61. The van der Waals surface area contributed by atoms with Crippen LogP contribution >= 0.6 is 0 Å². The lowest BCUT2D eigenvalue weighted by Crippen LogP contribution is -2.48. The molecule has 136 valence electrons. The van der Waals surface area contributed by atoms with E-state index in [4.69, 9.17) is 9.94 Å². The smallest absolute Gasteiger partial charge is 0.246 e. The molecule has 2 heterocycles. The first kappa shape index (κ1) is 18.7. The predicted octanol–water partition coefficient (Wildman–Crippen LogP) is 0.144. The maximum absolute atomic E-state index is 12.3. The summed E-state index contributed by atoms with van der Waals surface area (Å²) in [5, 5.41) is 14.1. The highest BCUT2D eigenvalue weighted by Gasteiger charge is 2.25. The summed E-state index contributed by atoms with van der Waals surface area (Å²) in [5.74, 6) is -1.35. The minimum atomic E-state index is -0.745. The number of hydrogen-bond donors (Lipinski definition) is 4. The Morgan fingerprint density at radius 2 is 1.92 bits per heavy atom. The monoisotopic (exact) mass is 349 g/mol. The molecule has 0 saturated carbocycles. The first-order valence-electron chi connectivity index (χ1n) is 8.20. The average Bonchev–Trinajstić information content (AvgIpc) is 2.63. The van der Waals surface area contributed by atoms with Crippen LogP contribution in [-0.4, -0.2) is 42.6 Å². The first-order chi connectivity index (χ1) is 12.0. The molecule has 0 aliphatic carbocycles. The topological polar surface area (TPSA) is 117 Å². The third-order valence-electron chi connectivity index (χ3n) is 4.14. The second-order valence-corrected chi connectivity index (χ2v) is 5.95. The lowest BCUT2D eigenvalue weighted by atomic mass is 9.97. The number of carbonyl (C=O) groups is 3. The fourth-order valence-corrected chi connectivity index (χ4v) is 2.75. The number of rotatable bonds is 2. The molecule has 1 aromatic rings. The van der Waals surface area contributed by atoms with Crippen molar-refractivity contribution >= 4 is 17.7 Å². The Balaban J connectivity index is 2.22. The van der Waals surface area contributed by atoms with Crippen LogP contribution < -0.4 is 20.9 Å². The molecule has 3 rings (SSSR count). The van der Waals surface area contributed by atoms with Gasteiger partial charge in [0.05, 0.1) is 6.61 Å². The number of ether oxygens (including phenoxy) is 1. The van der Waals surface area contributed by atoms with Gasteiger partial charge in [-0.25, -0.2) is 5.48 Å². The van der Waals surface area contributed by atoms with E-state index >= 15 is 0 Å². The largest absolute Gasteiger partial charge is 0.494 e. The molecule has 0 radical (unpaired) electrons. The Labute approximate surface area is 145 Å². The summed E-state index contributed by atoms with van der Waals surface area (Å²) in [5.41, 5.74) is 2.47. The highest BCUT2D eigenvalue weighted by molar-refractivity contribution is 5.90. The number of fused-ring (bicyclic) bond motifs is 11. The van der Waals surface area contributed by atoms with E-state index in [0.29, 0.717) is 31.6 Å². The van der Waals surface area contributed by atoms with Crippen LogP contribution in [0.2, 0.25) is 0 Å². The van der Waals surface area contributed by atoms with Gasteiger partial charge in [-0.2, -0.15) is 0 Å². The lowest BCUT2D eigenvalue weighted by Gasteiger charge is -2.20. The molecule has 4 N–H and O–H groups in total. The van der Waals surface area contributed by atoms with Crippen LogP contribution in [0.4, 0.5) is 0 Å². The molecule has 0 fully saturated rings. The average molecular weight is 349 g/mol. The van der Waals surface area contributed by atoms with Gasteiger partial charge in [-0.15, -0.1) is 0 Å². The zero-order chi connectivity index (χ0) is 18.2. The highest BCUT2D eigenvalue weighted by Crippen LogP contribution is 2.17. The van der Waals surface area contributed by atoms with Crippen molar-refractivity contribution in [2.75, 3.05) is 13.7 Å². The Morgan fingerprint density at radius 1 is 1.20 bits per heavy atom. The predicted molar refractivity (Wildman–Crippen MR) is 88.9 cm³/mol. The van der Waals surface area contributed by atoms with Gasteiger partial charge in [-0.3, -0.25) is 19.6 Å². The van der Waals surface area contributed by atoms with Crippen LogP contribution in [0.3, 0.4) is 0 Å². The van der Waals surface area contributed by atoms with Crippen molar-refractivity contribution in [2.45, 2.75) is 31.7 Å². The van der Waals surface area contributed by atoms with Crippen LogP contribution in [0.5, 0.6) is 5.75 Å². The standard InChI is InChI=1S/C17H23N3O5/c1-18-17(23)14-9-11-4-6-13(7-5-11)25-8-2-3-12(16(22)20-24)10-15(21)19-14/h4-7,12,14,24H,2-3,8-10H2,1H3,(H,18,23)(H,19,21)(H,20,22). The number of hydroxylamine groups is 1. The molecule has 2 unspecified atom stereocenters. The SMILES string of the molecule is CNC(=O)C1Cc2ccc(cc2)OCCCC(C(=O)NO)CC(=O)N1. The maximum atomic E-state index is 12.3. The minimum Gasteiger partial charge on any atom is -0.494 e. The van der Waals surface area contributed by atoms with Crippen LogP contribution in [0.15, 0.2) is 24.3 Å². The lowest BCUT2D eigenvalue weighted by molar-refractivity contribution is -0.137. The Kier molecular flexibility index (Phi) is 6.76. The summed E-state index contributed by atoms with van der Waals surface area (Å²) < 4.78 is 5.61. The number of hydrogen-bond acceptors (Lipinski definition) is 5. The van der Waals surface area contributed by atoms with Crippen molar-refractivity contribution in [3.63, 3.8) is 0 Å². The van der Waals surface area contributed by atoms with Crippen LogP contribution in [0, 0.1) is 5.92 Å². The molecule has 25 heavy (non-hydrogen) atoms. The van der Waals surface area contributed by atoms with E-state index in [1.807, 2.05) is 24.3 Å². The van der Waals surface area contributed by atoms with E-state index < -0.39 is 23.8 Å². The normalized spacial score (nSPS) is 21.4. The maximum Gasteiger partial charge on any atom is 0.246 e. The van der Waals surface area contributed by atoms with Crippen molar-refractivity contribution in [1.29, 1.82) is 0 Å². The molecule has 8 nitrogen and oxygen atoms in total. The molecule has 0 saturated heterocycles. The van der Waals surface area contributed by atoms with E-state index in [-0.39, 0.29) is 12.3 Å². The summed E-state index contributed by atoms with van der Waals surface area (Å²) in [4.78, 5) is 36.1. The molecule has 2 atom stereocenters. The van der Waals surface area contributed by atoms with Crippen molar-refractivity contribution in [2.24, 2.45) is 5.92 Å². The molecule has 2 aliphatic heterocycles. The minimum absolute atomic E-state index is 0.114. The number of benzene rings is 1. The molecule has 2 bridgehead atoms. The molecular weight excluding hydrogens is 326 g/mol. The van der Waals surface area contributed by atoms with Gasteiger partial charge in [0.1, 0.15) is 11.8 Å². The number of carbonyl (C=O) groups excluding carboxylic acids is 3. The zero-order valence-corrected chi connectivity index (χ0v) is 14.1. The number of nitrogens with one attached hydrogen (secondary N) is 3. The second kappa shape index (κ2) is 9.03. The zero-order valence-electron chi connectivity index (χ0n) is 14.1. The summed E-state index contributed by atoms with van der Waals surface area (Å²) >= 11 is 0. The molecule has 8 heteroatoms. The van der Waals surface area contributed by atoms with E-state index in [2.05, 4.69) is 10.6 Å². The molecule has 3 amide bonds. The van der Waals surface area contributed by atoms with Crippen molar-refractivity contribution in [3.8, 4) is 5.75 Å². The number of amides is 3. The number of likely N-dealkylation sites (N-methyl/N-ethyl adjacent to an activating group) is 1. The van der Waals surface area contributed by atoms with Crippen molar-refractivity contribution in [1.82, 2.24) is 16.1 Å². The van der Waals surface area contributed by atoms with Crippen LogP contribution in [-0.2, 0) is 20.8 Å². The second-order valence-electron chi connectivity index (χ2n) is 5.95. The van der Waals surface area contributed by atoms with Gasteiger partial charge in [-0.1, -0.05) is 12.1 Å². The summed E-state index contributed by atoms with van der Waals surface area (Å²) in [6.07, 6.45) is 1.13. The molecular formula is C17H23N3O5. The molecule has 1 aromatic carbocycles. The highest BCUT2D eigenvalue weighted by atomic mass is 16.5. The van der Waals surface area contributed by atoms with E-state index in [0.717, 1.165) is 5.56 Å². The van der Waals surface area contributed by atoms with E-state index in [1.54, 1.807) is 5.48 Å². The van der Waals surface area contributed by atoms with E-state index in [1.165, 1.54) is 7.05 Å². The first-order valence-corrected chi connectivity index (χ1v) is 8.20. The Bertz CT molecular complexity index is 617. The molecule has 0 spiro atoms. The summed E-state index contributed by atoms with van der Waals surface area (Å²) in [6, 6.07) is 6.57. The third kappa shape index (κ3) is 5.46.